The van der Waals surface area contributed by atoms with Crippen LogP contribution in [0.1, 0.15) is 95.5 Å². The molecule has 7 heteroatoms. The number of nitrogens with zero attached hydrogens (tertiary/aromatic N) is 1. The second-order valence-electron chi connectivity index (χ2n) is 11.7. The van der Waals surface area contributed by atoms with Crippen molar-refractivity contribution >= 4 is 17.7 Å². The summed E-state index contributed by atoms with van der Waals surface area (Å²) in [6.45, 7) is 9.84. The average molecular weight is 476 g/mol. The Morgan fingerprint density at radius 3 is 2.58 bits per heavy atom. The van der Waals surface area contributed by atoms with Gasteiger partial charge in [0.05, 0.1) is 6.61 Å². The van der Waals surface area contributed by atoms with E-state index in [-0.39, 0.29) is 22.8 Å². The summed E-state index contributed by atoms with van der Waals surface area (Å²) in [6, 6.07) is 0.190. The predicted octanol–water partition coefficient (Wildman–Crippen LogP) is 5.42. The van der Waals surface area contributed by atoms with Gasteiger partial charge in [-0.2, -0.15) is 0 Å². The number of aromatic nitrogens is 1. The van der Waals surface area contributed by atoms with Crippen LogP contribution in [-0.4, -0.2) is 42.1 Å². The summed E-state index contributed by atoms with van der Waals surface area (Å²) in [5.41, 5.74) is 0.396. The van der Waals surface area contributed by atoms with Crippen LogP contribution in [0.5, 0.6) is 5.88 Å². The Morgan fingerprint density at radius 2 is 1.91 bits per heavy atom. The van der Waals surface area contributed by atoms with E-state index in [4.69, 9.17) is 9.26 Å². The monoisotopic (exact) mass is 475 g/mol. The average Bonchev–Trinajstić information content (AvgIpc) is 3.38. The van der Waals surface area contributed by atoms with Crippen molar-refractivity contribution in [3.8, 4) is 5.88 Å². The Hall–Kier alpha value is -1.21. The van der Waals surface area contributed by atoms with Crippen LogP contribution in [0, 0.1) is 22.7 Å². The lowest BCUT2D eigenvalue weighted by molar-refractivity contribution is 0.0789. The minimum absolute atomic E-state index is 0.118. The molecule has 1 aromatic rings. The largest absolute Gasteiger partial charge is 0.474 e. The number of thioether (sulfide) groups is 1. The third-order valence-corrected chi connectivity index (χ3v) is 11.1. The van der Waals surface area contributed by atoms with Crippen LogP contribution in [0.25, 0.3) is 0 Å². The van der Waals surface area contributed by atoms with E-state index in [2.05, 4.69) is 36.6 Å². The zero-order valence-electron chi connectivity index (χ0n) is 20.6. The molecule has 0 unspecified atom stereocenters. The lowest BCUT2D eigenvalue weighted by Gasteiger charge is -2.39. The van der Waals surface area contributed by atoms with Gasteiger partial charge in [-0.1, -0.05) is 40.0 Å². The number of hydrogen-bond donors (Lipinski definition) is 2. The number of carbonyl (C=O) groups excluding carboxylic acids is 1. The maximum Gasteiger partial charge on any atom is 0.291 e. The second kappa shape index (κ2) is 9.44. The topological polar surface area (TPSA) is 76.4 Å². The van der Waals surface area contributed by atoms with Crippen molar-refractivity contribution in [2.45, 2.75) is 101 Å². The highest BCUT2D eigenvalue weighted by molar-refractivity contribution is 8.00. The molecule has 2 N–H and O–H groups in total. The van der Waals surface area contributed by atoms with Crippen molar-refractivity contribution in [2.24, 2.45) is 22.7 Å². The first-order valence-electron chi connectivity index (χ1n) is 13.2. The summed E-state index contributed by atoms with van der Waals surface area (Å²) >= 11 is 1.76. The Bertz CT molecular complexity index is 844. The van der Waals surface area contributed by atoms with Crippen LogP contribution in [0.3, 0.4) is 0 Å². The maximum atomic E-state index is 13.5. The molecule has 1 saturated heterocycles. The van der Waals surface area contributed by atoms with Crippen molar-refractivity contribution in [2.75, 3.05) is 19.7 Å². The van der Waals surface area contributed by atoms with Crippen molar-refractivity contribution in [3.05, 3.63) is 5.76 Å². The number of nitrogens with one attached hydrogen (secondary N) is 2. The molecule has 2 heterocycles. The summed E-state index contributed by atoms with van der Waals surface area (Å²) in [5, 5.41) is 11.5. The van der Waals surface area contributed by atoms with E-state index in [0.29, 0.717) is 35.3 Å². The molecule has 0 spiro atoms. The maximum absolute atomic E-state index is 13.5. The van der Waals surface area contributed by atoms with Crippen LogP contribution in [-0.2, 0) is 0 Å². The van der Waals surface area contributed by atoms with E-state index in [0.717, 1.165) is 37.2 Å². The highest BCUT2D eigenvalue weighted by Crippen LogP contribution is 2.65. The second-order valence-corrected chi connectivity index (χ2v) is 13.0. The fourth-order valence-corrected chi connectivity index (χ4v) is 8.18. The van der Waals surface area contributed by atoms with Gasteiger partial charge in [0, 0.05) is 11.3 Å². The van der Waals surface area contributed by atoms with Crippen molar-refractivity contribution in [1.82, 2.24) is 15.8 Å². The van der Waals surface area contributed by atoms with E-state index in [1.165, 1.54) is 44.9 Å². The standard InChI is InChI=1S/C26H41N3O3S/c1-25(2)18-9-12-26(25,3)20(15-18)28-23(30)21-22(33-19-7-5-4-6-8-19)24(29-32-21)31-16-17-10-13-27-14-11-17/h17-20,27H,4-16H2,1-3H3,(H,28,30)/t18-,20-,26-/m0/s1. The molecule has 1 aliphatic heterocycles. The Kier molecular flexibility index (Phi) is 6.73. The summed E-state index contributed by atoms with van der Waals surface area (Å²) in [4.78, 5) is 14.3. The molecule has 3 aliphatic carbocycles. The first kappa shape index (κ1) is 23.5. The molecule has 3 saturated carbocycles. The van der Waals surface area contributed by atoms with Gasteiger partial charge < -0.3 is 19.9 Å². The number of hydrogen-bond acceptors (Lipinski definition) is 6. The van der Waals surface area contributed by atoms with Gasteiger partial charge in [-0.15, -0.1) is 11.8 Å². The molecule has 2 bridgehead atoms. The first-order chi connectivity index (χ1) is 15.9. The SMILES string of the molecule is CC1(C)[C@H]2CC[C@@]1(C)[C@@H](NC(=O)c1onc(OCC3CCNCC3)c1SC1CCCCC1)C2. The van der Waals surface area contributed by atoms with Gasteiger partial charge >= 0.3 is 0 Å². The third-order valence-electron chi connectivity index (χ3n) is 9.68. The lowest BCUT2D eigenvalue weighted by Crippen LogP contribution is -2.46. The Labute approximate surface area is 202 Å². The Balaban J connectivity index is 1.32. The fourth-order valence-electron chi connectivity index (χ4n) is 6.85. The smallest absolute Gasteiger partial charge is 0.291 e. The number of carbonyl (C=O) groups is 1. The minimum atomic E-state index is -0.118. The molecule has 1 aromatic heterocycles. The zero-order chi connectivity index (χ0) is 23.1. The fraction of sp³-hybridized carbons (Fsp3) is 0.846. The first-order valence-corrected chi connectivity index (χ1v) is 14.1. The molecule has 33 heavy (non-hydrogen) atoms. The highest BCUT2D eigenvalue weighted by atomic mass is 32.2. The van der Waals surface area contributed by atoms with Crippen LogP contribution in [0.15, 0.2) is 9.42 Å². The molecule has 5 rings (SSSR count). The van der Waals surface area contributed by atoms with Crippen LogP contribution in [0.4, 0.5) is 0 Å². The predicted molar refractivity (Wildman–Crippen MR) is 131 cm³/mol. The molecular weight excluding hydrogens is 434 g/mol. The van der Waals surface area contributed by atoms with Gasteiger partial charge in [0.25, 0.3) is 11.8 Å². The minimum Gasteiger partial charge on any atom is -0.474 e. The van der Waals surface area contributed by atoms with E-state index in [9.17, 15) is 4.79 Å². The molecule has 1 amide bonds. The van der Waals surface area contributed by atoms with Gasteiger partial charge in [0.1, 0.15) is 4.90 Å². The quantitative estimate of drug-likeness (QED) is 0.548. The van der Waals surface area contributed by atoms with Gasteiger partial charge in [-0.3, -0.25) is 4.79 Å². The molecule has 4 fully saturated rings. The highest BCUT2D eigenvalue weighted by Gasteiger charge is 2.61. The van der Waals surface area contributed by atoms with Crippen LogP contribution >= 0.6 is 11.8 Å². The lowest BCUT2D eigenvalue weighted by atomic mass is 9.69. The zero-order valence-corrected chi connectivity index (χ0v) is 21.4. The van der Waals surface area contributed by atoms with Crippen molar-refractivity contribution in [1.29, 1.82) is 0 Å². The number of rotatable bonds is 7. The number of amides is 1. The van der Waals surface area contributed by atoms with Crippen LogP contribution < -0.4 is 15.4 Å². The number of fused-ring (bicyclic) bond motifs is 2. The summed E-state index contributed by atoms with van der Waals surface area (Å²) in [6.07, 6.45) is 11.9. The molecule has 0 aromatic carbocycles. The van der Waals surface area contributed by atoms with Gasteiger partial charge in [-0.05, 0) is 85.9 Å². The van der Waals surface area contributed by atoms with Gasteiger partial charge in [0.2, 0.25) is 5.76 Å². The molecule has 3 atom stereocenters. The summed E-state index contributed by atoms with van der Waals surface area (Å²) in [7, 11) is 0. The summed E-state index contributed by atoms with van der Waals surface area (Å²) in [5.74, 6) is 1.97. The molecule has 0 radical (unpaired) electrons. The Morgan fingerprint density at radius 1 is 1.15 bits per heavy atom. The molecule has 4 aliphatic rings. The normalized spacial score (nSPS) is 32.2. The number of ether oxygens (including phenoxy) is 1. The molecule has 6 nitrogen and oxygen atoms in total. The van der Waals surface area contributed by atoms with Crippen molar-refractivity contribution < 1.29 is 14.1 Å². The number of piperidine rings is 1. The van der Waals surface area contributed by atoms with Crippen LogP contribution in [0.2, 0.25) is 0 Å². The third kappa shape index (κ3) is 4.44. The molecule has 184 valence electrons. The van der Waals surface area contributed by atoms with E-state index in [1.807, 2.05) is 0 Å². The van der Waals surface area contributed by atoms with E-state index in [1.54, 1.807) is 11.8 Å². The molecular formula is C26H41N3O3S. The van der Waals surface area contributed by atoms with Gasteiger partial charge in [0.15, 0.2) is 0 Å². The van der Waals surface area contributed by atoms with E-state index >= 15 is 0 Å². The summed E-state index contributed by atoms with van der Waals surface area (Å²) < 4.78 is 11.9. The van der Waals surface area contributed by atoms with Crippen molar-refractivity contribution in [3.63, 3.8) is 0 Å². The van der Waals surface area contributed by atoms with Gasteiger partial charge in [-0.25, -0.2) is 0 Å². The van der Waals surface area contributed by atoms with E-state index < -0.39 is 0 Å².